The van der Waals surface area contributed by atoms with Crippen LogP contribution < -0.4 is 5.43 Å². The lowest BCUT2D eigenvalue weighted by atomic mass is 10.2. The van der Waals surface area contributed by atoms with Crippen LogP contribution in [0.1, 0.15) is 5.56 Å². The Morgan fingerprint density at radius 1 is 1.42 bits per heavy atom. The number of nitro groups is 1. The summed E-state index contributed by atoms with van der Waals surface area (Å²) >= 11 is 0. The Bertz CT molecular complexity index is 903. The van der Waals surface area contributed by atoms with Gasteiger partial charge in [0.25, 0.3) is 0 Å². The van der Waals surface area contributed by atoms with E-state index in [1.54, 1.807) is 42.5 Å². The summed E-state index contributed by atoms with van der Waals surface area (Å²) in [6.07, 6.45) is 4.95. The quantitative estimate of drug-likeness (QED) is 0.374. The van der Waals surface area contributed by atoms with Crippen LogP contribution in [0.2, 0.25) is 0 Å². The number of hydrogen-bond acceptors (Lipinski definition) is 8. The molecule has 0 fully saturated rings. The number of rotatable bonds is 8. The van der Waals surface area contributed by atoms with Crippen molar-refractivity contribution in [3.05, 3.63) is 58.4 Å². The summed E-state index contributed by atoms with van der Waals surface area (Å²) in [5.74, 6) is 0.527. The molecule has 10 nitrogen and oxygen atoms in total. The van der Waals surface area contributed by atoms with Crippen molar-refractivity contribution in [3.8, 4) is 11.5 Å². The highest BCUT2D eigenvalue weighted by atomic mass is 16.6. The van der Waals surface area contributed by atoms with Crippen molar-refractivity contribution in [2.75, 3.05) is 19.1 Å². The second-order valence-corrected chi connectivity index (χ2v) is 5.17. The van der Waals surface area contributed by atoms with Gasteiger partial charge < -0.3 is 9.15 Å². The van der Waals surface area contributed by atoms with Crippen LogP contribution in [0.15, 0.2) is 52.2 Å². The van der Waals surface area contributed by atoms with E-state index in [2.05, 4.69) is 20.6 Å². The topological polar surface area (TPSA) is 121 Å². The molecule has 10 heteroatoms. The number of hydrazone groups is 1. The molecule has 3 aromatic rings. The van der Waals surface area contributed by atoms with Gasteiger partial charge in [-0.25, -0.2) is 4.98 Å². The van der Waals surface area contributed by atoms with Crippen LogP contribution in [-0.4, -0.2) is 39.6 Å². The van der Waals surface area contributed by atoms with Gasteiger partial charge >= 0.3 is 5.88 Å². The number of methoxy groups -OCH3 is 1. The largest absolute Gasteiger partial charge is 0.433 e. The molecule has 26 heavy (non-hydrogen) atoms. The van der Waals surface area contributed by atoms with E-state index in [0.717, 1.165) is 0 Å². The smallest absolute Gasteiger partial charge is 0.399 e. The van der Waals surface area contributed by atoms with Gasteiger partial charge in [0.15, 0.2) is 5.76 Å². The Labute approximate surface area is 148 Å². The van der Waals surface area contributed by atoms with Gasteiger partial charge in [-0.3, -0.25) is 20.2 Å². The van der Waals surface area contributed by atoms with Crippen LogP contribution in [0.3, 0.4) is 0 Å². The molecule has 0 aromatic carbocycles. The lowest BCUT2D eigenvalue weighted by Gasteiger charge is -1.98. The molecule has 0 bridgehead atoms. The van der Waals surface area contributed by atoms with E-state index in [1.165, 1.54) is 12.1 Å². The normalized spacial score (nSPS) is 11.1. The molecule has 0 spiro atoms. The van der Waals surface area contributed by atoms with E-state index in [-0.39, 0.29) is 11.6 Å². The third kappa shape index (κ3) is 4.11. The van der Waals surface area contributed by atoms with Crippen LogP contribution in [-0.2, 0) is 11.3 Å². The summed E-state index contributed by atoms with van der Waals surface area (Å²) in [5, 5.41) is 19.4. The highest BCUT2D eigenvalue weighted by molar-refractivity contribution is 5.87. The van der Waals surface area contributed by atoms with Crippen LogP contribution in [0.25, 0.3) is 11.5 Å². The second kappa shape index (κ2) is 8.03. The molecule has 0 aliphatic rings. The molecular weight excluding hydrogens is 340 g/mol. The molecule has 0 saturated carbocycles. The molecule has 3 aromatic heterocycles. The maximum absolute atomic E-state index is 10.8. The van der Waals surface area contributed by atoms with Gasteiger partial charge in [0.1, 0.15) is 16.4 Å². The fourth-order valence-corrected chi connectivity index (χ4v) is 2.17. The first-order chi connectivity index (χ1) is 12.7. The van der Waals surface area contributed by atoms with Crippen molar-refractivity contribution in [3.63, 3.8) is 0 Å². The lowest BCUT2D eigenvalue weighted by Crippen LogP contribution is -2.04. The van der Waals surface area contributed by atoms with Gasteiger partial charge in [-0.15, -0.1) is 0 Å². The molecule has 0 aliphatic heterocycles. The maximum atomic E-state index is 10.8. The molecule has 0 aliphatic carbocycles. The number of anilines is 1. The number of furan rings is 1. The minimum absolute atomic E-state index is 0.284. The van der Waals surface area contributed by atoms with E-state index < -0.39 is 4.92 Å². The fraction of sp³-hybridized carbons (Fsp3) is 0.188. The molecular formula is C16H16N6O4. The van der Waals surface area contributed by atoms with E-state index in [1.807, 2.05) is 6.07 Å². The lowest BCUT2D eigenvalue weighted by molar-refractivity contribution is -0.401. The van der Waals surface area contributed by atoms with E-state index in [4.69, 9.17) is 9.15 Å². The first-order valence-corrected chi connectivity index (χ1v) is 7.68. The molecule has 0 amide bonds. The molecule has 134 valence electrons. The number of aromatic nitrogens is 3. The summed E-state index contributed by atoms with van der Waals surface area (Å²) in [7, 11) is 1.60. The first kappa shape index (κ1) is 17.3. The van der Waals surface area contributed by atoms with Crippen molar-refractivity contribution in [1.29, 1.82) is 0 Å². The van der Waals surface area contributed by atoms with Gasteiger partial charge in [-0.1, -0.05) is 6.07 Å². The Kier molecular flexibility index (Phi) is 5.34. The zero-order valence-corrected chi connectivity index (χ0v) is 13.9. The van der Waals surface area contributed by atoms with E-state index >= 15 is 0 Å². The number of hydrogen-bond donors (Lipinski definition) is 1. The Hall–Kier alpha value is -3.53. The number of nitrogens with one attached hydrogen (secondary N) is 1. The van der Waals surface area contributed by atoms with Crippen molar-refractivity contribution in [2.24, 2.45) is 5.10 Å². The zero-order valence-electron chi connectivity index (χ0n) is 13.9. The van der Waals surface area contributed by atoms with Gasteiger partial charge in [0.05, 0.1) is 25.4 Å². The molecule has 3 heterocycles. The summed E-state index contributed by atoms with van der Waals surface area (Å²) in [6, 6.07) is 8.20. The summed E-state index contributed by atoms with van der Waals surface area (Å²) < 4.78 is 12.0. The Morgan fingerprint density at radius 3 is 3.00 bits per heavy atom. The third-order valence-corrected chi connectivity index (χ3v) is 3.37. The Morgan fingerprint density at radius 2 is 2.31 bits per heavy atom. The van der Waals surface area contributed by atoms with Gasteiger partial charge in [-0.2, -0.15) is 10.2 Å². The first-order valence-electron chi connectivity index (χ1n) is 7.68. The van der Waals surface area contributed by atoms with E-state index in [9.17, 15) is 10.1 Å². The van der Waals surface area contributed by atoms with Crippen molar-refractivity contribution >= 4 is 17.9 Å². The van der Waals surface area contributed by atoms with E-state index in [0.29, 0.717) is 30.2 Å². The van der Waals surface area contributed by atoms with Crippen LogP contribution in [0.4, 0.5) is 11.7 Å². The molecule has 0 atom stereocenters. The second-order valence-electron chi connectivity index (χ2n) is 5.17. The highest BCUT2D eigenvalue weighted by Gasteiger charge is 2.18. The predicted octanol–water partition coefficient (Wildman–Crippen LogP) is 2.54. The predicted molar refractivity (Wildman–Crippen MR) is 93.9 cm³/mol. The zero-order chi connectivity index (χ0) is 18.4. The molecule has 0 radical (unpaired) electrons. The van der Waals surface area contributed by atoms with Crippen molar-refractivity contribution in [1.82, 2.24) is 14.8 Å². The fourth-order valence-electron chi connectivity index (χ4n) is 2.17. The van der Waals surface area contributed by atoms with Crippen LogP contribution in [0, 0.1) is 10.1 Å². The molecule has 0 unspecified atom stereocenters. The van der Waals surface area contributed by atoms with Crippen LogP contribution >= 0.6 is 0 Å². The van der Waals surface area contributed by atoms with Crippen molar-refractivity contribution in [2.45, 2.75) is 6.54 Å². The van der Waals surface area contributed by atoms with Crippen molar-refractivity contribution < 1.29 is 14.1 Å². The Balaban J connectivity index is 1.86. The maximum Gasteiger partial charge on any atom is 0.433 e. The molecule has 3 rings (SSSR count). The molecule has 1 N–H and O–H groups in total. The van der Waals surface area contributed by atoms with Gasteiger partial charge in [0, 0.05) is 25.1 Å². The monoisotopic (exact) mass is 356 g/mol. The summed E-state index contributed by atoms with van der Waals surface area (Å²) in [4.78, 5) is 14.3. The minimum atomic E-state index is -0.595. The average Bonchev–Trinajstić information content (AvgIpc) is 3.28. The standard InChI is InChI=1S/C16H16N6O4/c1-25-9-8-21-11-12(10-18-19-14-4-2-3-7-17-14)16(20-21)13-5-6-15(26-13)22(23)24/h2-7,10-11H,8-9H2,1H3,(H,17,19). The third-order valence-electron chi connectivity index (χ3n) is 3.37. The average molecular weight is 356 g/mol. The summed E-state index contributed by atoms with van der Waals surface area (Å²) in [5.41, 5.74) is 3.88. The number of ether oxygens (including phenoxy) is 1. The molecule has 0 saturated heterocycles. The minimum Gasteiger partial charge on any atom is -0.399 e. The highest BCUT2D eigenvalue weighted by Crippen LogP contribution is 2.27. The van der Waals surface area contributed by atoms with Gasteiger partial charge in [0.2, 0.25) is 0 Å². The number of nitrogens with zero attached hydrogens (tertiary/aromatic N) is 5. The SMILES string of the molecule is COCCn1cc(C=NNc2ccccn2)c(-c2ccc([N+](=O)[O-])o2)n1. The van der Waals surface area contributed by atoms with Crippen LogP contribution in [0.5, 0.6) is 0 Å². The summed E-state index contributed by atoms with van der Waals surface area (Å²) in [6.45, 7) is 0.996. The number of pyridine rings is 1. The van der Waals surface area contributed by atoms with Gasteiger partial charge in [-0.05, 0) is 18.2 Å².